The summed E-state index contributed by atoms with van der Waals surface area (Å²) < 4.78 is 5.04. The fourth-order valence-electron chi connectivity index (χ4n) is 1.92. The van der Waals surface area contributed by atoms with Crippen LogP contribution in [-0.2, 0) is 11.2 Å². The third-order valence-electron chi connectivity index (χ3n) is 3.06. The average molecular weight is 313 g/mol. The average Bonchev–Trinajstić information content (AvgIpc) is 2.56. The van der Waals surface area contributed by atoms with Gasteiger partial charge in [0, 0.05) is 11.6 Å². The molecule has 23 heavy (non-hydrogen) atoms. The molecule has 2 aromatic rings. The van der Waals surface area contributed by atoms with Crippen LogP contribution in [0, 0.1) is 10.1 Å². The minimum absolute atomic E-state index is 0.0817. The first-order valence-electron chi connectivity index (χ1n) is 6.78. The summed E-state index contributed by atoms with van der Waals surface area (Å²) in [7, 11) is 1.58. The first-order chi connectivity index (χ1) is 11.1. The molecule has 0 bridgehead atoms. The number of carbonyl (C=O) groups is 1. The quantitative estimate of drug-likeness (QED) is 0.503. The van der Waals surface area contributed by atoms with E-state index < -0.39 is 10.8 Å². The molecule has 118 valence electrons. The number of hydrogen-bond donors (Lipinski definition) is 1. The molecular formula is C16H15N3O4. The maximum Gasteiger partial charge on any atom is 0.273 e. The molecule has 0 atom stereocenters. The molecule has 2 aromatic carbocycles. The van der Waals surface area contributed by atoms with E-state index in [9.17, 15) is 14.9 Å². The van der Waals surface area contributed by atoms with E-state index in [0.29, 0.717) is 5.56 Å². The molecule has 7 heteroatoms. The van der Waals surface area contributed by atoms with E-state index in [1.165, 1.54) is 12.3 Å². The molecule has 0 aliphatic heterocycles. The molecule has 0 aliphatic carbocycles. The Hall–Kier alpha value is -3.22. The molecule has 1 amide bonds. The summed E-state index contributed by atoms with van der Waals surface area (Å²) in [6, 6.07) is 13.2. The van der Waals surface area contributed by atoms with Gasteiger partial charge in [-0.3, -0.25) is 14.9 Å². The predicted octanol–water partition coefficient (Wildman–Crippen LogP) is 2.30. The van der Waals surface area contributed by atoms with Crippen LogP contribution in [-0.4, -0.2) is 24.2 Å². The van der Waals surface area contributed by atoms with Gasteiger partial charge < -0.3 is 4.74 Å². The number of nitro benzene ring substituents is 1. The number of hydrogen-bond acceptors (Lipinski definition) is 5. The minimum atomic E-state index is -0.511. The molecule has 0 heterocycles. The molecule has 0 unspecified atom stereocenters. The van der Waals surface area contributed by atoms with Crippen molar-refractivity contribution in [2.24, 2.45) is 5.10 Å². The van der Waals surface area contributed by atoms with Gasteiger partial charge in [-0.2, -0.15) is 5.10 Å². The number of carbonyl (C=O) groups excluding carboxylic acids is 1. The lowest BCUT2D eigenvalue weighted by Gasteiger charge is -2.02. The van der Waals surface area contributed by atoms with Gasteiger partial charge in [0.25, 0.3) is 5.69 Å². The maximum absolute atomic E-state index is 11.8. The van der Waals surface area contributed by atoms with Crippen LogP contribution in [0.4, 0.5) is 5.69 Å². The summed E-state index contributed by atoms with van der Waals surface area (Å²) in [4.78, 5) is 22.2. The highest BCUT2D eigenvalue weighted by atomic mass is 16.6. The van der Waals surface area contributed by atoms with E-state index in [0.717, 1.165) is 11.3 Å². The number of benzene rings is 2. The van der Waals surface area contributed by atoms with Gasteiger partial charge in [-0.05, 0) is 29.8 Å². The lowest BCUT2D eigenvalue weighted by atomic mass is 10.1. The van der Waals surface area contributed by atoms with Crippen LogP contribution in [0.3, 0.4) is 0 Å². The highest BCUT2D eigenvalue weighted by molar-refractivity contribution is 5.83. The first kappa shape index (κ1) is 16.2. The molecule has 0 aliphatic rings. The van der Waals surface area contributed by atoms with Crippen molar-refractivity contribution >= 4 is 17.8 Å². The lowest BCUT2D eigenvalue weighted by Crippen LogP contribution is -2.20. The molecule has 0 spiro atoms. The predicted molar refractivity (Wildman–Crippen MR) is 85.5 cm³/mol. The monoisotopic (exact) mass is 313 g/mol. The van der Waals surface area contributed by atoms with Gasteiger partial charge in [0.1, 0.15) is 5.75 Å². The Kier molecular flexibility index (Phi) is 5.40. The summed E-state index contributed by atoms with van der Waals surface area (Å²) in [5.41, 5.74) is 3.40. The zero-order chi connectivity index (χ0) is 16.7. The zero-order valence-corrected chi connectivity index (χ0v) is 12.4. The van der Waals surface area contributed by atoms with Crippen LogP contribution in [0.25, 0.3) is 0 Å². The molecule has 0 fully saturated rings. The number of para-hydroxylation sites is 1. The highest BCUT2D eigenvalue weighted by Crippen LogP contribution is 2.17. The summed E-state index contributed by atoms with van der Waals surface area (Å²) in [5, 5.41) is 14.7. The SMILES string of the molecule is COc1ccc(/C=N/NC(=O)Cc2ccccc2[N+](=O)[O-])cc1. The fraction of sp³-hybridized carbons (Fsp3) is 0.125. The van der Waals surface area contributed by atoms with E-state index in [1.807, 2.05) is 0 Å². The number of nitrogens with one attached hydrogen (secondary N) is 1. The summed E-state index contributed by atoms with van der Waals surface area (Å²) >= 11 is 0. The Morgan fingerprint density at radius 1 is 1.26 bits per heavy atom. The van der Waals surface area contributed by atoms with Crippen LogP contribution < -0.4 is 10.2 Å². The van der Waals surface area contributed by atoms with E-state index in [4.69, 9.17) is 4.74 Å². The number of methoxy groups -OCH3 is 1. The first-order valence-corrected chi connectivity index (χ1v) is 6.78. The van der Waals surface area contributed by atoms with Gasteiger partial charge in [0.2, 0.25) is 5.91 Å². The van der Waals surface area contributed by atoms with E-state index >= 15 is 0 Å². The largest absolute Gasteiger partial charge is 0.497 e. The molecule has 7 nitrogen and oxygen atoms in total. The molecule has 0 saturated carbocycles. The summed E-state index contributed by atoms with van der Waals surface area (Å²) in [5.74, 6) is 0.298. The fourth-order valence-corrected chi connectivity index (χ4v) is 1.92. The van der Waals surface area contributed by atoms with Crippen molar-refractivity contribution in [3.8, 4) is 5.75 Å². The van der Waals surface area contributed by atoms with E-state index in [2.05, 4.69) is 10.5 Å². The Labute approximate surface area is 132 Å². The van der Waals surface area contributed by atoms with Crippen LogP contribution in [0.5, 0.6) is 5.75 Å². The molecule has 2 rings (SSSR count). The molecule has 1 N–H and O–H groups in total. The van der Waals surface area contributed by atoms with E-state index in [-0.39, 0.29) is 12.1 Å². The van der Waals surface area contributed by atoms with Crippen molar-refractivity contribution in [1.82, 2.24) is 5.43 Å². The Bertz CT molecular complexity index is 726. The van der Waals surface area contributed by atoms with E-state index in [1.54, 1.807) is 49.6 Å². The van der Waals surface area contributed by atoms with Crippen molar-refractivity contribution in [3.63, 3.8) is 0 Å². The second-order valence-corrected chi connectivity index (χ2v) is 4.63. The Morgan fingerprint density at radius 2 is 1.96 bits per heavy atom. The van der Waals surface area contributed by atoms with Gasteiger partial charge in [0.15, 0.2) is 0 Å². The second kappa shape index (κ2) is 7.69. The van der Waals surface area contributed by atoms with Gasteiger partial charge in [0.05, 0.1) is 24.7 Å². The minimum Gasteiger partial charge on any atom is -0.497 e. The number of nitro groups is 1. The molecule has 0 saturated heterocycles. The number of rotatable bonds is 6. The third-order valence-corrected chi connectivity index (χ3v) is 3.06. The standard InChI is InChI=1S/C16H15N3O4/c1-23-14-8-6-12(7-9-14)11-17-18-16(20)10-13-4-2-3-5-15(13)19(21)22/h2-9,11H,10H2,1H3,(H,18,20)/b17-11+. The Morgan fingerprint density at radius 3 is 2.61 bits per heavy atom. The van der Waals surface area contributed by atoms with Crippen molar-refractivity contribution in [2.75, 3.05) is 7.11 Å². The number of hydrazone groups is 1. The highest BCUT2D eigenvalue weighted by Gasteiger charge is 2.14. The number of amides is 1. The van der Waals surface area contributed by atoms with Gasteiger partial charge >= 0.3 is 0 Å². The maximum atomic E-state index is 11.8. The second-order valence-electron chi connectivity index (χ2n) is 4.63. The normalized spacial score (nSPS) is 10.5. The smallest absolute Gasteiger partial charge is 0.273 e. The van der Waals surface area contributed by atoms with Gasteiger partial charge in [-0.25, -0.2) is 5.43 Å². The lowest BCUT2D eigenvalue weighted by molar-refractivity contribution is -0.385. The van der Waals surface area contributed by atoms with Crippen LogP contribution in [0.2, 0.25) is 0 Å². The molecule has 0 aromatic heterocycles. The van der Waals surface area contributed by atoms with Gasteiger partial charge in [-0.15, -0.1) is 0 Å². The Balaban J connectivity index is 1.94. The van der Waals surface area contributed by atoms with Crippen LogP contribution in [0.1, 0.15) is 11.1 Å². The van der Waals surface area contributed by atoms with Crippen LogP contribution in [0.15, 0.2) is 53.6 Å². The number of ether oxygens (including phenoxy) is 1. The topological polar surface area (TPSA) is 93.8 Å². The molecule has 0 radical (unpaired) electrons. The van der Waals surface area contributed by atoms with Gasteiger partial charge in [-0.1, -0.05) is 18.2 Å². The van der Waals surface area contributed by atoms with Crippen molar-refractivity contribution in [3.05, 3.63) is 69.8 Å². The third kappa shape index (κ3) is 4.63. The number of nitrogens with zero attached hydrogens (tertiary/aromatic N) is 2. The van der Waals surface area contributed by atoms with Crippen molar-refractivity contribution < 1.29 is 14.5 Å². The summed E-state index contributed by atoms with van der Waals surface area (Å²) in [6.45, 7) is 0. The van der Waals surface area contributed by atoms with Crippen molar-refractivity contribution in [1.29, 1.82) is 0 Å². The van der Waals surface area contributed by atoms with Crippen LogP contribution >= 0.6 is 0 Å². The molecular weight excluding hydrogens is 298 g/mol. The summed E-state index contributed by atoms with van der Waals surface area (Å²) in [6.07, 6.45) is 1.37. The van der Waals surface area contributed by atoms with Crippen molar-refractivity contribution in [2.45, 2.75) is 6.42 Å². The zero-order valence-electron chi connectivity index (χ0n) is 12.4.